The van der Waals surface area contributed by atoms with E-state index in [1.165, 1.54) is 17.2 Å². The van der Waals surface area contributed by atoms with Crippen LogP contribution < -0.4 is 5.32 Å². The normalized spacial score (nSPS) is 22.9. The highest BCUT2D eigenvalue weighted by molar-refractivity contribution is 5.96. The van der Waals surface area contributed by atoms with Gasteiger partial charge in [-0.1, -0.05) is 13.8 Å². The Balaban J connectivity index is 2.24. The summed E-state index contributed by atoms with van der Waals surface area (Å²) < 4.78 is 13.2. The Kier molecular flexibility index (Phi) is 4.32. The number of nitrogens with one attached hydrogen (secondary N) is 1. The smallest absolute Gasteiger partial charge is 0.246 e. The molecule has 0 spiro atoms. The first-order valence-corrected chi connectivity index (χ1v) is 6.77. The van der Waals surface area contributed by atoms with Crippen molar-refractivity contribution in [3.63, 3.8) is 0 Å². The van der Waals surface area contributed by atoms with E-state index in [0.29, 0.717) is 18.4 Å². The zero-order valence-electron chi connectivity index (χ0n) is 11.6. The van der Waals surface area contributed by atoms with Crippen molar-refractivity contribution >= 4 is 11.8 Å². The molecule has 5 nitrogen and oxygen atoms in total. The van der Waals surface area contributed by atoms with Gasteiger partial charge in [0.25, 0.3) is 0 Å². The fourth-order valence-corrected chi connectivity index (χ4v) is 2.43. The molecule has 0 bridgehead atoms. The molecule has 1 N–H and O–H groups in total. The summed E-state index contributed by atoms with van der Waals surface area (Å²) in [6.07, 6.45) is 3.69. The third-order valence-corrected chi connectivity index (χ3v) is 3.49. The van der Waals surface area contributed by atoms with E-state index in [1.54, 1.807) is 0 Å². The lowest BCUT2D eigenvalue weighted by molar-refractivity contribution is -0.150. The predicted molar refractivity (Wildman–Crippen MR) is 71.0 cm³/mol. The maximum atomic E-state index is 13.2. The second kappa shape index (κ2) is 5.98. The van der Waals surface area contributed by atoms with E-state index < -0.39 is 17.9 Å². The Hall–Kier alpha value is -1.98. The summed E-state index contributed by atoms with van der Waals surface area (Å²) in [6.45, 7) is 3.89. The van der Waals surface area contributed by atoms with Gasteiger partial charge < -0.3 is 10.2 Å². The van der Waals surface area contributed by atoms with Crippen LogP contribution in [0.3, 0.4) is 0 Å². The van der Waals surface area contributed by atoms with E-state index in [0.717, 1.165) is 6.20 Å². The van der Waals surface area contributed by atoms with E-state index in [1.807, 2.05) is 13.8 Å². The third-order valence-electron chi connectivity index (χ3n) is 3.49. The summed E-state index contributed by atoms with van der Waals surface area (Å²) in [6, 6.07) is 0.334. The highest BCUT2D eigenvalue weighted by atomic mass is 19.1. The average Bonchev–Trinajstić information content (AvgIpc) is 2.43. The van der Waals surface area contributed by atoms with Crippen molar-refractivity contribution in [3.8, 4) is 0 Å². The molecule has 1 saturated heterocycles. The highest BCUT2D eigenvalue weighted by Gasteiger charge is 2.38. The maximum absolute atomic E-state index is 13.2. The van der Waals surface area contributed by atoms with Crippen LogP contribution in [-0.4, -0.2) is 33.8 Å². The van der Waals surface area contributed by atoms with E-state index in [9.17, 15) is 14.0 Å². The lowest BCUT2D eigenvalue weighted by atomic mass is 10.0. The quantitative estimate of drug-likeness (QED) is 0.902. The van der Waals surface area contributed by atoms with Crippen LogP contribution in [0, 0.1) is 5.82 Å². The molecular formula is C14H18FN3O2. The lowest BCUT2D eigenvalue weighted by Gasteiger charge is -2.38. The first-order chi connectivity index (χ1) is 9.56. The summed E-state index contributed by atoms with van der Waals surface area (Å²) in [5.41, 5.74) is 0.585. The monoisotopic (exact) mass is 279 g/mol. The van der Waals surface area contributed by atoms with Crippen LogP contribution in [0.1, 0.15) is 32.3 Å². The van der Waals surface area contributed by atoms with Crippen molar-refractivity contribution in [1.29, 1.82) is 0 Å². The first-order valence-electron chi connectivity index (χ1n) is 6.77. The van der Waals surface area contributed by atoms with Gasteiger partial charge in [-0.3, -0.25) is 14.6 Å². The van der Waals surface area contributed by atoms with Crippen LogP contribution in [0.15, 0.2) is 18.5 Å². The fraction of sp³-hybridized carbons (Fsp3) is 0.500. The molecule has 1 aromatic heterocycles. The van der Waals surface area contributed by atoms with Gasteiger partial charge in [-0.15, -0.1) is 0 Å². The summed E-state index contributed by atoms with van der Waals surface area (Å²) >= 11 is 0. The number of piperazine rings is 1. The first kappa shape index (κ1) is 14.4. The molecule has 0 radical (unpaired) electrons. The lowest BCUT2D eigenvalue weighted by Crippen LogP contribution is -2.62. The Labute approximate surface area is 117 Å². The zero-order chi connectivity index (χ0) is 14.7. The Morgan fingerprint density at radius 3 is 2.65 bits per heavy atom. The molecule has 2 rings (SSSR count). The number of hydrogen-bond acceptors (Lipinski definition) is 3. The highest BCUT2D eigenvalue weighted by Crippen LogP contribution is 2.18. The molecule has 1 aliphatic rings. The molecule has 0 aliphatic carbocycles. The fourth-order valence-electron chi connectivity index (χ4n) is 2.43. The Morgan fingerprint density at radius 2 is 2.05 bits per heavy atom. The van der Waals surface area contributed by atoms with Gasteiger partial charge in [0.15, 0.2) is 0 Å². The number of aromatic nitrogens is 1. The number of hydrogen-bond donors (Lipinski definition) is 1. The van der Waals surface area contributed by atoms with Gasteiger partial charge in [-0.2, -0.15) is 0 Å². The van der Waals surface area contributed by atoms with E-state index in [-0.39, 0.29) is 18.4 Å². The van der Waals surface area contributed by atoms with Crippen LogP contribution in [0.25, 0.3) is 0 Å². The third kappa shape index (κ3) is 2.79. The molecule has 20 heavy (non-hydrogen) atoms. The number of carbonyl (C=O) groups excluding carboxylic acids is 2. The van der Waals surface area contributed by atoms with Gasteiger partial charge in [0.2, 0.25) is 11.8 Å². The molecule has 1 aromatic rings. The van der Waals surface area contributed by atoms with Gasteiger partial charge in [0.1, 0.15) is 17.9 Å². The second-order valence-electron chi connectivity index (χ2n) is 4.87. The van der Waals surface area contributed by atoms with Crippen LogP contribution in [0.5, 0.6) is 0 Å². The van der Waals surface area contributed by atoms with E-state index >= 15 is 0 Å². The molecule has 1 aliphatic heterocycles. The van der Waals surface area contributed by atoms with Crippen LogP contribution >= 0.6 is 0 Å². The summed E-state index contributed by atoms with van der Waals surface area (Å²) in [5, 5.41) is 2.72. The van der Waals surface area contributed by atoms with E-state index in [2.05, 4.69) is 10.3 Å². The van der Waals surface area contributed by atoms with Crippen molar-refractivity contribution in [2.75, 3.05) is 0 Å². The van der Waals surface area contributed by atoms with E-state index in [4.69, 9.17) is 0 Å². The van der Waals surface area contributed by atoms with Crippen LogP contribution in [0.4, 0.5) is 4.39 Å². The molecule has 6 heteroatoms. The Bertz CT molecular complexity index is 521. The number of nitrogens with zero attached hydrogens (tertiary/aromatic N) is 2. The van der Waals surface area contributed by atoms with Crippen molar-refractivity contribution in [2.24, 2.45) is 0 Å². The summed E-state index contributed by atoms with van der Waals surface area (Å²) in [7, 11) is 0. The number of rotatable bonds is 4. The molecule has 1 fully saturated rings. The van der Waals surface area contributed by atoms with Gasteiger partial charge in [0, 0.05) is 12.7 Å². The van der Waals surface area contributed by atoms with Gasteiger partial charge in [-0.25, -0.2) is 4.39 Å². The van der Waals surface area contributed by atoms with Crippen LogP contribution in [0.2, 0.25) is 0 Å². The molecular weight excluding hydrogens is 261 g/mol. The molecule has 0 saturated carbocycles. The van der Waals surface area contributed by atoms with Gasteiger partial charge >= 0.3 is 0 Å². The number of amides is 2. The van der Waals surface area contributed by atoms with Crippen molar-refractivity contribution in [1.82, 2.24) is 15.2 Å². The van der Waals surface area contributed by atoms with Crippen molar-refractivity contribution in [3.05, 3.63) is 29.8 Å². The second-order valence-corrected chi connectivity index (χ2v) is 4.87. The molecule has 2 heterocycles. The minimum atomic E-state index is -0.506. The standard InChI is InChI=1S/C14H18FN3O2/c1-3-11-14(20)18(12(4-2)13(19)17-11)8-9-5-10(15)7-16-6-9/h5-7,11-12H,3-4,8H2,1-2H3,(H,17,19). The number of halogens is 1. The van der Waals surface area contributed by atoms with Gasteiger partial charge in [0.05, 0.1) is 6.20 Å². The van der Waals surface area contributed by atoms with Crippen molar-refractivity contribution < 1.29 is 14.0 Å². The minimum absolute atomic E-state index is 0.122. The summed E-state index contributed by atoms with van der Waals surface area (Å²) in [4.78, 5) is 29.7. The number of pyridine rings is 1. The van der Waals surface area contributed by atoms with Gasteiger partial charge in [-0.05, 0) is 24.5 Å². The topological polar surface area (TPSA) is 62.3 Å². The maximum Gasteiger partial charge on any atom is 0.246 e. The SMILES string of the molecule is CCC1NC(=O)C(CC)N(Cc2cncc(F)c2)C1=O. The molecule has 2 amide bonds. The van der Waals surface area contributed by atoms with Crippen molar-refractivity contribution in [2.45, 2.75) is 45.3 Å². The largest absolute Gasteiger partial charge is 0.343 e. The zero-order valence-corrected chi connectivity index (χ0v) is 11.6. The number of carbonyl (C=O) groups is 2. The molecule has 2 unspecified atom stereocenters. The molecule has 0 aromatic carbocycles. The predicted octanol–water partition coefficient (Wildman–Crippen LogP) is 1.24. The average molecular weight is 279 g/mol. The molecule has 108 valence electrons. The molecule has 2 atom stereocenters. The summed E-state index contributed by atoms with van der Waals surface area (Å²) in [5.74, 6) is -0.719. The Morgan fingerprint density at radius 1 is 1.30 bits per heavy atom. The van der Waals surface area contributed by atoms with Crippen LogP contribution in [-0.2, 0) is 16.1 Å². The minimum Gasteiger partial charge on any atom is -0.343 e.